The molecule has 0 aliphatic carbocycles. The van der Waals surface area contributed by atoms with Crippen LogP contribution < -0.4 is 10.1 Å². The first-order valence-corrected chi connectivity index (χ1v) is 12.0. The number of benzene rings is 1. The van der Waals surface area contributed by atoms with Crippen LogP contribution in [-0.4, -0.2) is 90.1 Å². The van der Waals surface area contributed by atoms with E-state index in [1.807, 2.05) is 43.7 Å². The van der Waals surface area contributed by atoms with E-state index in [-0.39, 0.29) is 11.8 Å². The molecule has 33 heavy (non-hydrogen) atoms. The average Bonchev–Trinajstić information content (AvgIpc) is 3.23. The summed E-state index contributed by atoms with van der Waals surface area (Å²) in [5.41, 5.74) is 1.00. The number of aryl methyl sites for hydroxylation is 1. The molecule has 0 bridgehead atoms. The van der Waals surface area contributed by atoms with E-state index in [0.717, 1.165) is 75.9 Å². The summed E-state index contributed by atoms with van der Waals surface area (Å²) >= 11 is 0. The Morgan fingerprint density at radius 3 is 2.64 bits per heavy atom. The van der Waals surface area contributed by atoms with Gasteiger partial charge in [0.05, 0.1) is 19.6 Å². The van der Waals surface area contributed by atoms with Gasteiger partial charge in [-0.15, -0.1) is 0 Å². The lowest BCUT2D eigenvalue weighted by Gasteiger charge is -2.40. The van der Waals surface area contributed by atoms with E-state index in [1.54, 1.807) is 7.11 Å². The van der Waals surface area contributed by atoms with Crippen LogP contribution in [0, 0.1) is 11.8 Å². The van der Waals surface area contributed by atoms with Crippen molar-refractivity contribution >= 4 is 5.91 Å². The number of carbonyl (C=O) groups is 1. The van der Waals surface area contributed by atoms with Crippen molar-refractivity contribution in [3.05, 3.63) is 48.0 Å². The van der Waals surface area contributed by atoms with Crippen molar-refractivity contribution in [2.75, 3.05) is 60.0 Å². The number of ether oxygens (including phenoxy) is 1. The Kier molecular flexibility index (Phi) is 8.01. The van der Waals surface area contributed by atoms with E-state index in [2.05, 4.69) is 36.6 Å². The van der Waals surface area contributed by atoms with Gasteiger partial charge in [-0.2, -0.15) is 0 Å². The predicted octanol–water partition coefficient (Wildman–Crippen LogP) is 1.43. The number of methoxy groups -OCH3 is 1. The van der Waals surface area contributed by atoms with Gasteiger partial charge >= 0.3 is 0 Å². The third-order valence-corrected chi connectivity index (χ3v) is 7.03. The molecule has 1 aromatic heterocycles. The molecule has 2 aliphatic heterocycles. The molecule has 1 amide bonds. The van der Waals surface area contributed by atoms with Gasteiger partial charge in [0.15, 0.2) is 0 Å². The number of amides is 1. The number of aromatic nitrogens is 2. The molecule has 2 atom stereocenters. The summed E-state index contributed by atoms with van der Waals surface area (Å²) in [6.45, 7) is 8.55. The highest BCUT2D eigenvalue weighted by atomic mass is 16.5. The molecular formula is C25H38N6O2. The summed E-state index contributed by atoms with van der Waals surface area (Å²) in [7, 11) is 5.89. The average molecular weight is 455 g/mol. The van der Waals surface area contributed by atoms with Gasteiger partial charge in [-0.25, -0.2) is 4.98 Å². The Balaban J connectivity index is 1.40. The van der Waals surface area contributed by atoms with Crippen molar-refractivity contribution in [3.63, 3.8) is 0 Å². The summed E-state index contributed by atoms with van der Waals surface area (Å²) in [5.74, 6) is 2.44. The van der Waals surface area contributed by atoms with Crippen LogP contribution in [0.15, 0.2) is 36.7 Å². The number of rotatable bonds is 8. The number of carbonyl (C=O) groups excluding carboxylic acids is 1. The Bertz CT molecular complexity index is 908. The third-order valence-electron chi connectivity index (χ3n) is 7.03. The largest absolute Gasteiger partial charge is 0.496 e. The van der Waals surface area contributed by atoms with Gasteiger partial charge in [-0.3, -0.25) is 9.69 Å². The van der Waals surface area contributed by atoms with E-state index < -0.39 is 0 Å². The van der Waals surface area contributed by atoms with E-state index >= 15 is 0 Å². The zero-order chi connectivity index (χ0) is 23.2. The second kappa shape index (κ2) is 11.1. The lowest BCUT2D eigenvalue weighted by atomic mass is 9.87. The minimum Gasteiger partial charge on any atom is -0.496 e. The number of para-hydroxylation sites is 1. The molecule has 4 rings (SSSR count). The second-order valence-electron chi connectivity index (χ2n) is 9.58. The molecule has 2 aromatic rings. The molecule has 180 valence electrons. The van der Waals surface area contributed by atoms with E-state index in [9.17, 15) is 4.79 Å². The molecule has 0 radical (unpaired) electrons. The first-order valence-electron chi connectivity index (χ1n) is 12.0. The van der Waals surface area contributed by atoms with Crippen molar-refractivity contribution in [1.82, 2.24) is 29.6 Å². The number of nitrogens with zero attached hydrogens (tertiary/aromatic N) is 5. The smallest absolute Gasteiger partial charge is 0.224 e. The van der Waals surface area contributed by atoms with Crippen LogP contribution in [0.1, 0.15) is 17.8 Å². The van der Waals surface area contributed by atoms with Gasteiger partial charge in [0.1, 0.15) is 11.6 Å². The van der Waals surface area contributed by atoms with Crippen molar-refractivity contribution < 1.29 is 9.53 Å². The van der Waals surface area contributed by atoms with E-state index in [4.69, 9.17) is 4.74 Å². The number of hydrogen-bond donors (Lipinski definition) is 1. The summed E-state index contributed by atoms with van der Waals surface area (Å²) in [6, 6.07) is 7.86. The van der Waals surface area contributed by atoms with Crippen LogP contribution in [0.2, 0.25) is 0 Å². The van der Waals surface area contributed by atoms with Crippen molar-refractivity contribution in [2.45, 2.75) is 19.5 Å². The maximum Gasteiger partial charge on any atom is 0.224 e. The molecule has 2 fully saturated rings. The maximum atomic E-state index is 13.2. The fourth-order valence-corrected chi connectivity index (χ4v) is 5.07. The first-order chi connectivity index (χ1) is 16.0. The highest BCUT2D eigenvalue weighted by Crippen LogP contribution is 2.25. The van der Waals surface area contributed by atoms with E-state index in [1.165, 1.54) is 0 Å². The number of piperidine rings is 1. The monoisotopic (exact) mass is 454 g/mol. The van der Waals surface area contributed by atoms with Crippen molar-refractivity contribution in [3.8, 4) is 5.75 Å². The Hall–Kier alpha value is -2.42. The number of likely N-dealkylation sites (N-methyl/N-ethyl adjacent to an activating group) is 1. The highest BCUT2D eigenvalue weighted by Gasteiger charge is 2.33. The number of piperazine rings is 1. The van der Waals surface area contributed by atoms with Crippen molar-refractivity contribution in [2.24, 2.45) is 18.9 Å². The van der Waals surface area contributed by atoms with Crippen LogP contribution in [0.25, 0.3) is 0 Å². The Labute approximate surface area is 197 Å². The molecule has 3 heterocycles. The standard InChI is InChI=1S/C25H38N6O2/c1-28-10-12-30(13-11-28)16-20-14-22(18-31(17-20)19-24-26-8-9-29(24)2)25(32)27-15-21-6-4-5-7-23(21)33-3/h4-9,20,22H,10-19H2,1-3H3,(H,27,32)/t20-,22-/m1/s1. The minimum atomic E-state index is -0.0220. The zero-order valence-electron chi connectivity index (χ0n) is 20.2. The number of likely N-dealkylation sites (tertiary alicyclic amines) is 1. The van der Waals surface area contributed by atoms with Gasteiger partial charge in [-0.1, -0.05) is 18.2 Å². The lowest BCUT2D eigenvalue weighted by Crippen LogP contribution is -2.51. The molecule has 0 unspecified atom stereocenters. The summed E-state index contributed by atoms with van der Waals surface area (Å²) in [6.07, 6.45) is 4.76. The number of imidazole rings is 1. The van der Waals surface area contributed by atoms with Gasteiger partial charge < -0.3 is 24.4 Å². The van der Waals surface area contributed by atoms with Gasteiger partial charge in [0, 0.05) is 77.4 Å². The summed E-state index contributed by atoms with van der Waals surface area (Å²) < 4.78 is 7.51. The predicted molar refractivity (Wildman–Crippen MR) is 129 cm³/mol. The molecule has 2 saturated heterocycles. The number of hydrogen-bond acceptors (Lipinski definition) is 6. The van der Waals surface area contributed by atoms with Crippen molar-refractivity contribution in [1.29, 1.82) is 0 Å². The second-order valence-corrected chi connectivity index (χ2v) is 9.58. The lowest BCUT2D eigenvalue weighted by molar-refractivity contribution is -0.128. The molecular weight excluding hydrogens is 416 g/mol. The zero-order valence-corrected chi connectivity index (χ0v) is 20.2. The minimum absolute atomic E-state index is 0.0220. The first kappa shape index (κ1) is 23.7. The fourth-order valence-electron chi connectivity index (χ4n) is 5.07. The van der Waals surface area contributed by atoms with Crippen LogP contribution >= 0.6 is 0 Å². The highest BCUT2D eigenvalue weighted by molar-refractivity contribution is 5.79. The summed E-state index contributed by atoms with van der Waals surface area (Å²) in [4.78, 5) is 25.1. The quantitative estimate of drug-likeness (QED) is 0.651. The maximum absolute atomic E-state index is 13.2. The van der Waals surface area contributed by atoms with Crippen LogP contribution in [-0.2, 0) is 24.9 Å². The molecule has 8 nitrogen and oxygen atoms in total. The molecule has 0 spiro atoms. The molecule has 8 heteroatoms. The van der Waals surface area contributed by atoms with E-state index in [0.29, 0.717) is 12.5 Å². The summed E-state index contributed by atoms with van der Waals surface area (Å²) in [5, 5.41) is 3.18. The molecule has 2 aliphatic rings. The molecule has 1 N–H and O–H groups in total. The molecule has 1 aromatic carbocycles. The number of nitrogens with one attached hydrogen (secondary N) is 1. The Morgan fingerprint density at radius 2 is 1.91 bits per heavy atom. The van der Waals surface area contributed by atoms with Crippen LogP contribution in [0.4, 0.5) is 0 Å². The van der Waals surface area contributed by atoms with Gasteiger partial charge in [0.25, 0.3) is 0 Å². The topological polar surface area (TPSA) is 65.9 Å². The Morgan fingerprint density at radius 1 is 1.12 bits per heavy atom. The normalized spacial score (nSPS) is 22.9. The fraction of sp³-hybridized carbons (Fsp3) is 0.600. The van der Waals surface area contributed by atoms with Gasteiger partial charge in [-0.05, 0) is 25.5 Å². The third kappa shape index (κ3) is 6.34. The molecule has 0 saturated carbocycles. The van der Waals surface area contributed by atoms with Gasteiger partial charge in [0.2, 0.25) is 5.91 Å². The SMILES string of the molecule is COc1ccccc1CNC(=O)[C@@H]1C[C@H](CN2CCN(C)CC2)CN(Cc2nccn2C)C1. The van der Waals surface area contributed by atoms with Crippen LogP contribution in [0.3, 0.4) is 0 Å². The van der Waals surface area contributed by atoms with Crippen LogP contribution in [0.5, 0.6) is 5.75 Å².